The predicted molar refractivity (Wildman–Crippen MR) is 84.1 cm³/mol. The Kier molecular flexibility index (Phi) is 5.19. The number of nitrogens with zero attached hydrogens (tertiary/aromatic N) is 1. The minimum atomic E-state index is 0.303. The second-order valence-electron chi connectivity index (χ2n) is 6.05. The summed E-state index contributed by atoms with van der Waals surface area (Å²) < 4.78 is 5.47. The number of benzene rings is 1. The number of hydrogen-bond acceptors (Lipinski definition) is 3. The summed E-state index contributed by atoms with van der Waals surface area (Å²) in [5.41, 5.74) is 11.5. The highest BCUT2D eigenvalue weighted by atomic mass is 16.5. The van der Waals surface area contributed by atoms with Crippen molar-refractivity contribution in [2.45, 2.75) is 45.7 Å². The molecule has 1 saturated heterocycles. The molecule has 1 unspecified atom stereocenters. The average molecular weight is 276 g/mol. The van der Waals surface area contributed by atoms with Gasteiger partial charge in [-0.1, -0.05) is 12.1 Å². The van der Waals surface area contributed by atoms with Gasteiger partial charge in [0.2, 0.25) is 0 Å². The van der Waals surface area contributed by atoms with Gasteiger partial charge in [0, 0.05) is 31.8 Å². The highest BCUT2D eigenvalue weighted by Gasteiger charge is 2.26. The van der Waals surface area contributed by atoms with Gasteiger partial charge in [0.05, 0.1) is 0 Å². The molecule has 0 bridgehead atoms. The minimum absolute atomic E-state index is 0.303. The van der Waals surface area contributed by atoms with Gasteiger partial charge in [0.15, 0.2) is 0 Å². The van der Waals surface area contributed by atoms with Crippen molar-refractivity contribution >= 4 is 0 Å². The van der Waals surface area contributed by atoms with Gasteiger partial charge in [-0.05, 0) is 62.9 Å². The Bertz CT molecular complexity index is 453. The Morgan fingerprint density at radius 1 is 1.15 bits per heavy atom. The molecular weight excluding hydrogens is 248 g/mol. The van der Waals surface area contributed by atoms with E-state index in [2.05, 4.69) is 44.9 Å². The molecular formula is C17H28N2O. The van der Waals surface area contributed by atoms with Gasteiger partial charge < -0.3 is 10.5 Å². The first-order valence-corrected chi connectivity index (χ1v) is 7.62. The number of ether oxygens (including phenoxy) is 1. The molecule has 20 heavy (non-hydrogen) atoms. The van der Waals surface area contributed by atoms with Gasteiger partial charge in [-0.25, -0.2) is 0 Å². The normalized spacial score (nSPS) is 18.5. The molecule has 1 fully saturated rings. The third-order valence-electron chi connectivity index (χ3n) is 4.72. The molecule has 1 aromatic carbocycles. The summed E-state index contributed by atoms with van der Waals surface area (Å²) in [5, 5.41) is 0. The average Bonchev–Trinajstić information content (AvgIpc) is 2.46. The van der Waals surface area contributed by atoms with Gasteiger partial charge in [-0.2, -0.15) is 0 Å². The SMILES string of the molecule is Cc1cc(C)c(C(CN)N(C)C2CCOCC2)cc1C. The Labute approximate surface area is 123 Å². The smallest absolute Gasteiger partial charge is 0.0480 e. The molecule has 3 nitrogen and oxygen atoms in total. The Hall–Kier alpha value is -0.900. The molecule has 0 aliphatic carbocycles. The zero-order valence-corrected chi connectivity index (χ0v) is 13.3. The van der Waals surface area contributed by atoms with Crippen LogP contribution >= 0.6 is 0 Å². The zero-order chi connectivity index (χ0) is 14.7. The van der Waals surface area contributed by atoms with Crippen molar-refractivity contribution in [1.29, 1.82) is 0 Å². The van der Waals surface area contributed by atoms with Crippen molar-refractivity contribution in [2.75, 3.05) is 26.8 Å². The van der Waals surface area contributed by atoms with Crippen LogP contribution in [0.5, 0.6) is 0 Å². The van der Waals surface area contributed by atoms with Crippen LogP contribution in [0.3, 0.4) is 0 Å². The summed E-state index contributed by atoms with van der Waals surface area (Å²) in [6, 6.07) is 5.49. The molecule has 1 aliphatic heterocycles. The molecule has 112 valence electrons. The van der Waals surface area contributed by atoms with Crippen LogP contribution in [0.2, 0.25) is 0 Å². The van der Waals surface area contributed by atoms with E-state index in [1.54, 1.807) is 0 Å². The molecule has 2 rings (SSSR count). The monoisotopic (exact) mass is 276 g/mol. The number of aryl methyl sites for hydroxylation is 3. The van der Waals surface area contributed by atoms with Gasteiger partial charge in [0.1, 0.15) is 0 Å². The molecule has 0 aromatic heterocycles. The number of likely N-dealkylation sites (N-methyl/N-ethyl adjacent to an activating group) is 1. The van der Waals surface area contributed by atoms with Crippen LogP contribution in [-0.4, -0.2) is 37.7 Å². The molecule has 0 saturated carbocycles. The maximum atomic E-state index is 6.10. The third kappa shape index (κ3) is 3.22. The lowest BCUT2D eigenvalue weighted by atomic mass is 9.93. The fourth-order valence-electron chi connectivity index (χ4n) is 3.20. The molecule has 3 heteroatoms. The third-order valence-corrected chi connectivity index (χ3v) is 4.72. The van der Waals surface area contributed by atoms with Crippen LogP contribution < -0.4 is 5.73 Å². The molecule has 1 aliphatic rings. The Balaban J connectivity index is 2.24. The largest absolute Gasteiger partial charge is 0.381 e. The first-order valence-electron chi connectivity index (χ1n) is 7.62. The van der Waals surface area contributed by atoms with Gasteiger partial charge >= 0.3 is 0 Å². The van der Waals surface area contributed by atoms with E-state index in [0.717, 1.165) is 26.1 Å². The summed E-state index contributed by atoms with van der Waals surface area (Å²) in [4.78, 5) is 2.46. The summed E-state index contributed by atoms with van der Waals surface area (Å²) in [6.07, 6.45) is 2.22. The van der Waals surface area contributed by atoms with E-state index in [1.165, 1.54) is 22.3 Å². The van der Waals surface area contributed by atoms with Crippen LogP contribution in [0, 0.1) is 20.8 Å². The van der Waals surface area contributed by atoms with Gasteiger partial charge in [0.25, 0.3) is 0 Å². The van der Waals surface area contributed by atoms with E-state index in [1.807, 2.05) is 0 Å². The lowest BCUT2D eigenvalue weighted by molar-refractivity contribution is 0.0293. The number of hydrogen-bond donors (Lipinski definition) is 1. The van der Waals surface area contributed by atoms with E-state index in [9.17, 15) is 0 Å². The molecule has 2 N–H and O–H groups in total. The van der Waals surface area contributed by atoms with Crippen molar-refractivity contribution in [2.24, 2.45) is 5.73 Å². The van der Waals surface area contributed by atoms with Crippen LogP contribution in [-0.2, 0) is 4.74 Å². The maximum absolute atomic E-state index is 6.10. The fourth-order valence-corrected chi connectivity index (χ4v) is 3.20. The van der Waals surface area contributed by atoms with E-state index in [4.69, 9.17) is 10.5 Å². The van der Waals surface area contributed by atoms with Crippen LogP contribution in [0.1, 0.15) is 41.1 Å². The zero-order valence-electron chi connectivity index (χ0n) is 13.3. The second-order valence-corrected chi connectivity index (χ2v) is 6.05. The molecule has 0 radical (unpaired) electrons. The summed E-state index contributed by atoms with van der Waals surface area (Å²) in [7, 11) is 2.21. The van der Waals surface area contributed by atoms with E-state index in [-0.39, 0.29) is 0 Å². The molecule has 0 spiro atoms. The van der Waals surface area contributed by atoms with Gasteiger partial charge in [-0.15, -0.1) is 0 Å². The number of rotatable bonds is 4. The molecule has 1 heterocycles. The van der Waals surface area contributed by atoms with E-state index < -0.39 is 0 Å². The predicted octanol–water partition coefficient (Wildman–Crippen LogP) is 2.72. The molecule has 0 amide bonds. The quantitative estimate of drug-likeness (QED) is 0.919. The Morgan fingerprint density at radius 3 is 2.35 bits per heavy atom. The van der Waals surface area contributed by atoms with E-state index in [0.29, 0.717) is 18.6 Å². The first-order chi connectivity index (χ1) is 9.54. The summed E-state index contributed by atoms with van der Waals surface area (Å²) in [6.45, 7) is 8.96. The Morgan fingerprint density at radius 2 is 1.75 bits per heavy atom. The maximum Gasteiger partial charge on any atom is 0.0480 e. The van der Waals surface area contributed by atoms with Crippen LogP contribution in [0.25, 0.3) is 0 Å². The fraction of sp³-hybridized carbons (Fsp3) is 0.647. The lowest BCUT2D eigenvalue weighted by Gasteiger charge is -2.37. The standard InChI is InChI=1S/C17H28N2O/c1-12-9-14(3)16(10-13(12)2)17(11-18)19(4)15-5-7-20-8-6-15/h9-10,15,17H,5-8,11,18H2,1-4H3. The van der Waals surface area contributed by atoms with Crippen LogP contribution in [0.4, 0.5) is 0 Å². The van der Waals surface area contributed by atoms with Crippen LogP contribution in [0.15, 0.2) is 12.1 Å². The van der Waals surface area contributed by atoms with Crippen molar-refractivity contribution in [1.82, 2.24) is 4.90 Å². The number of nitrogens with two attached hydrogens (primary N) is 1. The lowest BCUT2D eigenvalue weighted by Crippen LogP contribution is -2.42. The first kappa shape index (κ1) is 15.5. The molecule has 1 atom stereocenters. The van der Waals surface area contributed by atoms with Crippen molar-refractivity contribution in [3.8, 4) is 0 Å². The minimum Gasteiger partial charge on any atom is -0.381 e. The van der Waals surface area contributed by atoms with Crippen molar-refractivity contribution in [3.63, 3.8) is 0 Å². The topological polar surface area (TPSA) is 38.5 Å². The second kappa shape index (κ2) is 6.70. The van der Waals surface area contributed by atoms with Crippen molar-refractivity contribution in [3.05, 3.63) is 34.4 Å². The van der Waals surface area contributed by atoms with Gasteiger partial charge in [-0.3, -0.25) is 4.90 Å². The highest BCUT2D eigenvalue weighted by Crippen LogP contribution is 2.28. The summed E-state index contributed by atoms with van der Waals surface area (Å²) in [5.74, 6) is 0. The summed E-state index contributed by atoms with van der Waals surface area (Å²) >= 11 is 0. The molecule has 1 aromatic rings. The van der Waals surface area contributed by atoms with E-state index >= 15 is 0 Å². The van der Waals surface area contributed by atoms with Crippen molar-refractivity contribution < 1.29 is 4.74 Å². The highest BCUT2D eigenvalue weighted by molar-refractivity contribution is 5.38.